The SMILES string of the molecule is Cc1cc(NCc2sccc2Br)c(C(=O)O)c(C)n1. The molecule has 0 saturated heterocycles. The fraction of sp³-hybridized carbons (Fsp3) is 0.231. The standard InChI is InChI=1S/C13H13BrN2O2S/c1-7-5-10(12(13(17)18)8(2)16-7)15-6-11-9(14)3-4-19-11/h3-5H,6H2,1-2H3,(H,15,16)(H,17,18). The number of hydrogen-bond acceptors (Lipinski definition) is 4. The molecule has 0 aliphatic heterocycles. The highest BCUT2D eigenvalue weighted by Crippen LogP contribution is 2.25. The molecular weight excluding hydrogens is 328 g/mol. The second kappa shape index (κ2) is 5.71. The van der Waals surface area contributed by atoms with E-state index >= 15 is 0 Å². The lowest BCUT2D eigenvalue weighted by Crippen LogP contribution is -2.10. The van der Waals surface area contributed by atoms with Crippen LogP contribution >= 0.6 is 27.3 Å². The van der Waals surface area contributed by atoms with Crippen LogP contribution in [0.25, 0.3) is 0 Å². The Balaban J connectivity index is 2.29. The molecule has 2 heterocycles. The number of aryl methyl sites for hydroxylation is 2. The van der Waals surface area contributed by atoms with Crippen molar-refractivity contribution < 1.29 is 9.90 Å². The number of hydrogen-bond donors (Lipinski definition) is 2. The van der Waals surface area contributed by atoms with Crippen LogP contribution < -0.4 is 5.32 Å². The number of anilines is 1. The first-order valence-corrected chi connectivity index (χ1v) is 7.33. The average molecular weight is 341 g/mol. The number of aromatic nitrogens is 1. The van der Waals surface area contributed by atoms with E-state index in [-0.39, 0.29) is 5.56 Å². The molecule has 6 heteroatoms. The molecule has 0 atom stereocenters. The third-order valence-electron chi connectivity index (χ3n) is 2.67. The number of carboxylic acid groups (broad SMARTS) is 1. The van der Waals surface area contributed by atoms with Gasteiger partial charge >= 0.3 is 5.97 Å². The average Bonchev–Trinajstić information content (AvgIpc) is 2.70. The molecule has 2 aromatic rings. The molecule has 0 aliphatic rings. The Kier molecular flexibility index (Phi) is 4.21. The lowest BCUT2D eigenvalue weighted by Gasteiger charge is -2.12. The van der Waals surface area contributed by atoms with Crippen molar-refractivity contribution >= 4 is 38.9 Å². The summed E-state index contributed by atoms with van der Waals surface area (Å²) in [6.45, 7) is 4.15. The molecule has 2 aromatic heterocycles. The van der Waals surface area contributed by atoms with E-state index in [0.29, 0.717) is 17.9 Å². The smallest absolute Gasteiger partial charge is 0.339 e. The fourth-order valence-electron chi connectivity index (χ4n) is 1.86. The highest BCUT2D eigenvalue weighted by atomic mass is 79.9. The van der Waals surface area contributed by atoms with Gasteiger partial charge in [-0.05, 0) is 47.3 Å². The van der Waals surface area contributed by atoms with Gasteiger partial charge in [-0.2, -0.15) is 0 Å². The van der Waals surface area contributed by atoms with Gasteiger partial charge in [0.15, 0.2) is 0 Å². The monoisotopic (exact) mass is 340 g/mol. The van der Waals surface area contributed by atoms with Crippen LogP contribution in [0, 0.1) is 13.8 Å². The molecule has 0 aliphatic carbocycles. The van der Waals surface area contributed by atoms with E-state index < -0.39 is 5.97 Å². The van der Waals surface area contributed by atoms with Gasteiger partial charge in [0.25, 0.3) is 0 Å². The Morgan fingerprint density at radius 1 is 1.53 bits per heavy atom. The van der Waals surface area contributed by atoms with Crippen molar-refractivity contribution in [3.05, 3.63) is 43.8 Å². The van der Waals surface area contributed by atoms with Crippen molar-refractivity contribution in [1.82, 2.24) is 4.98 Å². The van der Waals surface area contributed by atoms with Crippen LogP contribution in [0.4, 0.5) is 5.69 Å². The van der Waals surface area contributed by atoms with Crippen molar-refractivity contribution in [2.24, 2.45) is 0 Å². The largest absolute Gasteiger partial charge is 0.478 e. The minimum Gasteiger partial charge on any atom is -0.478 e. The van der Waals surface area contributed by atoms with Crippen LogP contribution in [-0.2, 0) is 6.54 Å². The van der Waals surface area contributed by atoms with E-state index in [9.17, 15) is 9.90 Å². The van der Waals surface area contributed by atoms with E-state index in [2.05, 4.69) is 26.2 Å². The minimum absolute atomic E-state index is 0.235. The number of carbonyl (C=O) groups is 1. The second-order valence-electron chi connectivity index (χ2n) is 4.12. The minimum atomic E-state index is -0.960. The van der Waals surface area contributed by atoms with E-state index in [1.54, 1.807) is 24.3 Å². The Morgan fingerprint density at radius 3 is 2.84 bits per heavy atom. The summed E-state index contributed by atoms with van der Waals surface area (Å²) in [6, 6.07) is 3.74. The summed E-state index contributed by atoms with van der Waals surface area (Å²) < 4.78 is 1.03. The molecule has 0 amide bonds. The third kappa shape index (κ3) is 3.13. The van der Waals surface area contributed by atoms with Crippen LogP contribution in [0.1, 0.15) is 26.6 Å². The normalized spacial score (nSPS) is 10.5. The van der Waals surface area contributed by atoms with Gasteiger partial charge in [0.05, 0.1) is 17.9 Å². The first-order valence-electron chi connectivity index (χ1n) is 5.66. The number of rotatable bonds is 4. The van der Waals surface area contributed by atoms with Gasteiger partial charge < -0.3 is 10.4 Å². The number of thiophene rings is 1. The summed E-state index contributed by atoms with van der Waals surface area (Å²) in [5.74, 6) is -0.960. The highest BCUT2D eigenvalue weighted by molar-refractivity contribution is 9.10. The number of carboxylic acids is 1. The molecular formula is C13H13BrN2O2S. The molecule has 0 spiro atoms. The van der Waals surface area contributed by atoms with Crippen LogP contribution in [0.2, 0.25) is 0 Å². The summed E-state index contributed by atoms with van der Waals surface area (Å²) in [5, 5.41) is 14.4. The van der Waals surface area contributed by atoms with Crippen LogP contribution in [0.15, 0.2) is 22.0 Å². The number of halogens is 1. The third-order valence-corrected chi connectivity index (χ3v) is 4.60. The summed E-state index contributed by atoms with van der Waals surface area (Å²) in [5.41, 5.74) is 2.17. The molecule has 0 saturated carbocycles. The summed E-state index contributed by atoms with van der Waals surface area (Å²) in [4.78, 5) is 16.6. The van der Waals surface area contributed by atoms with Crippen molar-refractivity contribution in [3.63, 3.8) is 0 Å². The van der Waals surface area contributed by atoms with Crippen LogP contribution in [0.5, 0.6) is 0 Å². The molecule has 0 bridgehead atoms. The van der Waals surface area contributed by atoms with Gasteiger partial charge in [0.1, 0.15) is 5.56 Å². The van der Waals surface area contributed by atoms with E-state index in [1.807, 2.05) is 18.4 Å². The molecule has 2 rings (SSSR count). The quantitative estimate of drug-likeness (QED) is 0.887. The summed E-state index contributed by atoms with van der Waals surface area (Å²) in [6.07, 6.45) is 0. The van der Waals surface area contributed by atoms with Crippen LogP contribution in [0.3, 0.4) is 0 Å². The molecule has 4 nitrogen and oxygen atoms in total. The fourth-order valence-corrected chi connectivity index (χ4v) is 3.30. The number of nitrogens with one attached hydrogen (secondary N) is 1. The van der Waals surface area contributed by atoms with E-state index in [1.165, 1.54) is 0 Å². The van der Waals surface area contributed by atoms with Gasteiger partial charge in [-0.25, -0.2) is 4.79 Å². The van der Waals surface area contributed by atoms with Crippen molar-refractivity contribution in [1.29, 1.82) is 0 Å². The van der Waals surface area contributed by atoms with E-state index in [0.717, 1.165) is 15.0 Å². The van der Waals surface area contributed by atoms with Gasteiger partial charge in [-0.15, -0.1) is 11.3 Å². The Bertz CT molecular complexity index is 625. The summed E-state index contributed by atoms with van der Waals surface area (Å²) in [7, 11) is 0. The zero-order chi connectivity index (χ0) is 14.0. The molecule has 19 heavy (non-hydrogen) atoms. The van der Waals surface area contributed by atoms with Gasteiger partial charge in [0.2, 0.25) is 0 Å². The lowest BCUT2D eigenvalue weighted by molar-refractivity contribution is 0.0696. The Morgan fingerprint density at radius 2 is 2.26 bits per heavy atom. The first-order chi connectivity index (χ1) is 8.99. The van der Waals surface area contributed by atoms with E-state index in [4.69, 9.17) is 0 Å². The maximum Gasteiger partial charge on any atom is 0.339 e. The molecule has 2 N–H and O–H groups in total. The Labute approximate surface area is 123 Å². The zero-order valence-electron chi connectivity index (χ0n) is 10.5. The zero-order valence-corrected chi connectivity index (χ0v) is 12.9. The number of nitrogens with zero attached hydrogens (tertiary/aromatic N) is 1. The maximum absolute atomic E-state index is 11.3. The predicted octanol–water partition coefficient (Wildman–Crippen LogP) is 3.83. The van der Waals surface area contributed by atoms with Crippen LogP contribution in [-0.4, -0.2) is 16.1 Å². The molecule has 100 valence electrons. The topological polar surface area (TPSA) is 62.2 Å². The molecule has 0 fully saturated rings. The maximum atomic E-state index is 11.3. The van der Waals surface area contributed by atoms with Crippen molar-refractivity contribution in [2.45, 2.75) is 20.4 Å². The first kappa shape index (κ1) is 14.0. The Hall–Kier alpha value is -1.40. The molecule has 0 radical (unpaired) electrons. The van der Waals surface area contributed by atoms with Crippen molar-refractivity contribution in [3.8, 4) is 0 Å². The van der Waals surface area contributed by atoms with Gasteiger partial charge in [-0.1, -0.05) is 0 Å². The van der Waals surface area contributed by atoms with Gasteiger partial charge in [0, 0.05) is 15.0 Å². The number of aromatic carboxylic acids is 1. The molecule has 0 unspecified atom stereocenters. The number of pyridine rings is 1. The van der Waals surface area contributed by atoms with Crippen molar-refractivity contribution in [2.75, 3.05) is 5.32 Å². The van der Waals surface area contributed by atoms with Gasteiger partial charge in [-0.3, -0.25) is 4.98 Å². The molecule has 0 aromatic carbocycles. The highest BCUT2D eigenvalue weighted by Gasteiger charge is 2.15. The second-order valence-corrected chi connectivity index (χ2v) is 5.98. The predicted molar refractivity (Wildman–Crippen MR) is 80.0 cm³/mol. The summed E-state index contributed by atoms with van der Waals surface area (Å²) >= 11 is 5.08. The lowest BCUT2D eigenvalue weighted by atomic mass is 10.1.